The van der Waals surface area contributed by atoms with Gasteiger partial charge >= 0.3 is 0 Å². The molecule has 0 spiro atoms. The van der Waals surface area contributed by atoms with E-state index in [1.54, 1.807) is 0 Å². The van der Waals surface area contributed by atoms with Crippen molar-refractivity contribution in [3.05, 3.63) is 88.9 Å². The highest BCUT2D eigenvalue weighted by Gasteiger charge is 2.22. The minimum atomic E-state index is -0.418. The van der Waals surface area contributed by atoms with Crippen LogP contribution in [0.1, 0.15) is 30.6 Å². The second-order valence-corrected chi connectivity index (χ2v) is 8.73. The first-order valence-corrected chi connectivity index (χ1v) is 11.4. The first-order chi connectivity index (χ1) is 14.6. The molecule has 3 aromatic carbocycles. The van der Waals surface area contributed by atoms with Crippen LogP contribution in [0, 0.1) is 0 Å². The molecule has 6 heteroatoms. The average molecular weight is 483 g/mol. The largest absolute Gasteiger partial charge is 0.326 e. The van der Waals surface area contributed by atoms with Crippen molar-refractivity contribution in [3.8, 4) is 0 Å². The Kier molecular flexibility index (Phi) is 8.11. The van der Waals surface area contributed by atoms with E-state index in [-0.39, 0.29) is 11.8 Å². The third kappa shape index (κ3) is 6.21. The van der Waals surface area contributed by atoms with Crippen LogP contribution < -0.4 is 10.6 Å². The normalized spacial score (nSPS) is 11.5. The van der Waals surface area contributed by atoms with Gasteiger partial charge in [-0.05, 0) is 64.3 Å². The number of halogens is 1. The molecule has 1 atom stereocenters. The zero-order chi connectivity index (χ0) is 21.3. The number of hydrogen-bond acceptors (Lipinski definition) is 3. The van der Waals surface area contributed by atoms with E-state index in [0.717, 1.165) is 32.7 Å². The Labute approximate surface area is 189 Å². The number of nitrogens with one attached hydrogen (secondary N) is 2. The Hall–Kier alpha value is -2.57. The smallest absolute Gasteiger partial charge is 0.242 e. The summed E-state index contributed by atoms with van der Waals surface area (Å²) >= 11 is 4.95. The predicted molar refractivity (Wildman–Crippen MR) is 128 cm³/mol. The molecule has 4 nitrogen and oxygen atoms in total. The van der Waals surface area contributed by atoms with E-state index in [1.807, 2.05) is 85.8 Å². The van der Waals surface area contributed by atoms with E-state index >= 15 is 0 Å². The van der Waals surface area contributed by atoms with Crippen LogP contribution in [0.25, 0.3) is 0 Å². The first kappa shape index (κ1) is 22.1. The zero-order valence-electron chi connectivity index (χ0n) is 16.6. The molecule has 0 fully saturated rings. The second-order valence-electron chi connectivity index (χ2n) is 6.70. The van der Waals surface area contributed by atoms with Crippen LogP contribution >= 0.6 is 27.7 Å². The quantitative estimate of drug-likeness (QED) is 0.352. The highest BCUT2D eigenvalue weighted by atomic mass is 79.9. The van der Waals surface area contributed by atoms with E-state index in [0.29, 0.717) is 6.42 Å². The summed E-state index contributed by atoms with van der Waals surface area (Å²) in [5.41, 5.74) is 2.41. The average Bonchev–Trinajstić information content (AvgIpc) is 2.75. The van der Waals surface area contributed by atoms with Crippen LogP contribution in [0.3, 0.4) is 0 Å². The molecule has 0 radical (unpaired) electrons. The lowest BCUT2D eigenvalue weighted by molar-refractivity contribution is -0.116. The van der Waals surface area contributed by atoms with Crippen LogP contribution in [-0.2, 0) is 9.59 Å². The third-order valence-corrected chi connectivity index (χ3v) is 6.30. The standard InChI is InChI=1S/C24H23BrN2O2S/c1-2-8-22(28)26-18-13-15-19(16-14-18)30-23(17-9-4-3-5-10-17)24(29)27-21-12-7-6-11-20(21)25/h3-7,9-16,23H,2,8H2,1H3,(H,26,28)(H,27,29). The summed E-state index contributed by atoms with van der Waals surface area (Å²) in [7, 11) is 0. The van der Waals surface area contributed by atoms with Crippen molar-refractivity contribution in [2.45, 2.75) is 29.9 Å². The molecule has 0 saturated carbocycles. The van der Waals surface area contributed by atoms with Crippen LogP contribution in [0.15, 0.2) is 88.2 Å². The summed E-state index contributed by atoms with van der Waals surface area (Å²) < 4.78 is 0.835. The number of rotatable bonds is 8. The van der Waals surface area contributed by atoms with Gasteiger partial charge in [-0.25, -0.2) is 0 Å². The van der Waals surface area contributed by atoms with Gasteiger partial charge in [0.05, 0.1) is 5.69 Å². The molecule has 2 amide bonds. The first-order valence-electron chi connectivity index (χ1n) is 9.73. The molecular weight excluding hydrogens is 460 g/mol. The monoisotopic (exact) mass is 482 g/mol. The van der Waals surface area contributed by atoms with Crippen molar-refractivity contribution in [1.29, 1.82) is 0 Å². The second kappa shape index (κ2) is 11.0. The molecule has 3 aromatic rings. The number of amides is 2. The van der Waals surface area contributed by atoms with E-state index < -0.39 is 5.25 Å². The van der Waals surface area contributed by atoms with Crippen molar-refractivity contribution < 1.29 is 9.59 Å². The lowest BCUT2D eigenvalue weighted by atomic mass is 10.1. The number of para-hydroxylation sites is 1. The molecule has 0 bridgehead atoms. The lowest BCUT2D eigenvalue weighted by Gasteiger charge is -2.18. The zero-order valence-corrected chi connectivity index (χ0v) is 19.0. The van der Waals surface area contributed by atoms with Gasteiger partial charge in [-0.15, -0.1) is 11.8 Å². The maximum atomic E-state index is 13.1. The molecule has 0 aromatic heterocycles. The highest BCUT2D eigenvalue weighted by Crippen LogP contribution is 2.37. The van der Waals surface area contributed by atoms with Gasteiger partial charge in [0.15, 0.2) is 0 Å². The number of thioether (sulfide) groups is 1. The summed E-state index contributed by atoms with van der Waals surface area (Å²) in [6, 6.07) is 24.8. The van der Waals surface area contributed by atoms with Crippen molar-refractivity contribution >= 4 is 50.9 Å². The van der Waals surface area contributed by atoms with E-state index in [9.17, 15) is 9.59 Å². The molecule has 1 unspecified atom stereocenters. The molecule has 0 aliphatic heterocycles. The van der Waals surface area contributed by atoms with Gasteiger partial charge in [-0.2, -0.15) is 0 Å². The van der Waals surface area contributed by atoms with Gasteiger partial charge < -0.3 is 10.6 Å². The Morgan fingerprint density at radius 2 is 1.57 bits per heavy atom. The summed E-state index contributed by atoms with van der Waals surface area (Å²) in [6.07, 6.45) is 1.31. The number of anilines is 2. The molecule has 30 heavy (non-hydrogen) atoms. The summed E-state index contributed by atoms with van der Waals surface area (Å²) in [5, 5.41) is 5.48. The van der Waals surface area contributed by atoms with Crippen molar-refractivity contribution in [2.75, 3.05) is 10.6 Å². The number of carbonyl (C=O) groups is 2. The molecule has 0 aliphatic carbocycles. The summed E-state index contributed by atoms with van der Waals surface area (Å²) in [5.74, 6) is -0.0914. The van der Waals surface area contributed by atoms with Crippen LogP contribution in [-0.4, -0.2) is 11.8 Å². The van der Waals surface area contributed by atoms with E-state index in [1.165, 1.54) is 11.8 Å². The molecule has 3 rings (SSSR count). The number of hydrogen-bond donors (Lipinski definition) is 2. The van der Waals surface area contributed by atoms with Gasteiger partial charge in [0.25, 0.3) is 0 Å². The third-order valence-electron chi connectivity index (χ3n) is 4.34. The minimum absolute atomic E-state index is 0.00730. The van der Waals surface area contributed by atoms with Gasteiger partial charge in [0.1, 0.15) is 5.25 Å². The SMILES string of the molecule is CCCC(=O)Nc1ccc(SC(C(=O)Nc2ccccc2Br)c2ccccc2)cc1. The van der Waals surface area contributed by atoms with Crippen molar-refractivity contribution in [2.24, 2.45) is 0 Å². The molecule has 0 aliphatic rings. The fraction of sp³-hybridized carbons (Fsp3) is 0.167. The van der Waals surface area contributed by atoms with Gasteiger partial charge in [-0.1, -0.05) is 49.4 Å². The van der Waals surface area contributed by atoms with Crippen molar-refractivity contribution in [1.82, 2.24) is 0 Å². The number of carbonyl (C=O) groups excluding carboxylic acids is 2. The van der Waals surface area contributed by atoms with E-state index in [2.05, 4.69) is 26.6 Å². The highest BCUT2D eigenvalue weighted by molar-refractivity contribution is 9.10. The van der Waals surface area contributed by atoms with Gasteiger partial charge in [0.2, 0.25) is 11.8 Å². The molecular formula is C24H23BrN2O2S. The predicted octanol–water partition coefficient (Wildman–Crippen LogP) is 6.66. The van der Waals surface area contributed by atoms with Gasteiger partial charge in [0, 0.05) is 21.5 Å². The Bertz CT molecular complexity index is 994. The van der Waals surface area contributed by atoms with Crippen LogP contribution in [0.5, 0.6) is 0 Å². The van der Waals surface area contributed by atoms with Crippen molar-refractivity contribution in [3.63, 3.8) is 0 Å². The Balaban J connectivity index is 1.77. The molecule has 0 saturated heterocycles. The Morgan fingerprint density at radius 1 is 0.900 bits per heavy atom. The van der Waals surface area contributed by atoms with Crippen LogP contribution in [0.2, 0.25) is 0 Å². The molecule has 2 N–H and O–H groups in total. The topological polar surface area (TPSA) is 58.2 Å². The van der Waals surface area contributed by atoms with E-state index in [4.69, 9.17) is 0 Å². The maximum Gasteiger partial charge on any atom is 0.242 e. The molecule has 0 heterocycles. The fourth-order valence-corrected chi connectivity index (χ4v) is 4.27. The minimum Gasteiger partial charge on any atom is -0.326 e. The van der Waals surface area contributed by atoms with Crippen LogP contribution in [0.4, 0.5) is 11.4 Å². The summed E-state index contributed by atoms with van der Waals surface area (Å²) in [6.45, 7) is 1.97. The lowest BCUT2D eigenvalue weighted by Crippen LogP contribution is -2.19. The maximum absolute atomic E-state index is 13.1. The Morgan fingerprint density at radius 3 is 2.23 bits per heavy atom. The fourth-order valence-electron chi connectivity index (χ4n) is 2.87. The number of benzene rings is 3. The van der Waals surface area contributed by atoms with Gasteiger partial charge in [-0.3, -0.25) is 9.59 Å². The molecule has 154 valence electrons. The summed E-state index contributed by atoms with van der Waals surface area (Å²) in [4.78, 5) is 25.9.